The van der Waals surface area contributed by atoms with Gasteiger partial charge in [0.2, 0.25) is 0 Å². The van der Waals surface area contributed by atoms with E-state index in [9.17, 15) is 9.18 Å². The molecule has 0 aromatic heterocycles. The van der Waals surface area contributed by atoms with Crippen molar-refractivity contribution in [3.63, 3.8) is 0 Å². The number of carbonyl (C=O) groups excluding carboxylic acids is 1. The molecule has 4 heteroatoms. The molecule has 0 heterocycles. The third-order valence-corrected chi connectivity index (χ3v) is 2.07. The van der Waals surface area contributed by atoms with Gasteiger partial charge in [-0.25, -0.2) is 9.18 Å². The summed E-state index contributed by atoms with van der Waals surface area (Å²) in [7, 11) is 0. The molecule has 1 aromatic carbocycles. The zero-order valence-electron chi connectivity index (χ0n) is 10.3. The van der Waals surface area contributed by atoms with E-state index in [4.69, 9.17) is 10.00 Å². The smallest absolute Gasteiger partial charge is 0.348 e. The van der Waals surface area contributed by atoms with E-state index in [2.05, 4.69) is 0 Å². The topological polar surface area (TPSA) is 50.1 Å². The molecule has 0 unspecified atom stereocenters. The number of nitrogens with zero attached hydrogens (tertiary/aromatic N) is 1. The average molecular weight is 247 g/mol. The first kappa shape index (κ1) is 13.9. The second-order valence-electron chi connectivity index (χ2n) is 4.21. The van der Waals surface area contributed by atoms with Crippen molar-refractivity contribution in [1.29, 1.82) is 5.26 Å². The van der Waals surface area contributed by atoms with Gasteiger partial charge in [-0.3, -0.25) is 0 Å². The van der Waals surface area contributed by atoms with E-state index in [1.807, 2.05) is 13.8 Å². The molecule has 0 saturated heterocycles. The number of hydrogen-bond donors (Lipinski definition) is 0. The maximum absolute atomic E-state index is 12.7. The van der Waals surface area contributed by atoms with E-state index in [-0.39, 0.29) is 23.9 Å². The molecule has 0 saturated carbocycles. The molecule has 0 bridgehead atoms. The van der Waals surface area contributed by atoms with Gasteiger partial charge in [-0.2, -0.15) is 5.26 Å². The highest BCUT2D eigenvalue weighted by Crippen LogP contribution is 2.09. The van der Waals surface area contributed by atoms with Crippen LogP contribution >= 0.6 is 0 Å². The van der Waals surface area contributed by atoms with Crippen LogP contribution in [0.5, 0.6) is 0 Å². The molecule has 0 radical (unpaired) electrons. The summed E-state index contributed by atoms with van der Waals surface area (Å²) in [6.07, 6.45) is 1.38. The summed E-state index contributed by atoms with van der Waals surface area (Å²) in [5, 5.41) is 8.88. The molecule has 3 nitrogen and oxygen atoms in total. The first-order chi connectivity index (χ1) is 8.52. The Kier molecular flexibility index (Phi) is 5.06. The van der Waals surface area contributed by atoms with Crippen molar-refractivity contribution in [2.45, 2.75) is 13.8 Å². The lowest BCUT2D eigenvalue weighted by atomic mass is 10.1. The van der Waals surface area contributed by atoms with Crippen LogP contribution in [0.3, 0.4) is 0 Å². The molecule has 0 fully saturated rings. The molecule has 0 amide bonds. The van der Waals surface area contributed by atoms with Gasteiger partial charge in [-0.1, -0.05) is 26.0 Å². The van der Waals surface area contributed by atoms with Gasteiger partial charge in [0.05, 0.1) is 6.61 Å². The molecule has 0 atom stereocenters. The molecule has 0 aliphatic rings. The van der Waals surface area contributed by atoms with E-state index < -0.39 is 5.97 Å². The van der Waals surface area contributed by atoms with Gasteiger partial charge in [0.1, 0.15) is 17.5 Å². The first-order valence-corrected chi connectivity index (χ1v) is 5.57. The van der Waals surface area contributed by atoms with Gasteiger partial charge in [0.15, 0.2) is 0 Å². The summed E-state index contributed by atoms with van der Waals surface area (Å²) in [5.41, 5.74) is 0.483. The maximum atomic E-state index is 12.7. The number of nitriles is 1. The minimum Gasteiger partial charge on any atom is -0.461 e. The minimum atomic E-state index is -0.657. The molecular formula is C14H14FNO2. The highest BCUT2D eigenvalue weighted by atomic mass is 19.1. The van der Waals surface area contributed by atoms with Crippen molar-refractivity contribution >= 4 is 12.0 Å². The molecule has 0 N–H and O–H groups in total. The highest BCUT2D eigenvalue weighted by molar-refractivity contribution is 5.97. The monoisotopic (exact) mass is 247 g/mol. The Bertz CT molecular complexity index is 484. The lowest BCUT2D eigenvalue weighted by Crippen LogP contribution is -2.11. The molecule has 1 aromatic rings. The predicted octanol–water partition coefficient (Wildman–Crippen LogP) is 2.93. The second-order valence-corrected chi connectivity index (χ2v) is 4.21. The van der Waals surface area contributed by atoms with Gasteiger partial charge in [-0.15, -0.1) is 0 Å². The fourth-order valence-corrected chi connectivity index (χ4v) is 1.18. The van der Waals surface area contributed by atoms with E-state index in [1.54, 1.807) is 6.07 Å². The van der Waals surface area contributed by atoms with Crippen LogP contribution in [0.4, 0.5) is 4.39 Å². The summed E-state index contributed by atoms with van der Waals surface area (Å²) < 4.78 is 17.6. The summed E-state index contributed by atoms with van der Waals surface area (Å²) in [6.45, 7) is 4.08. The number of carbonyl (C=O) groups is 1. The molecule has 1 rings (SSSR count). The van der Waals surface area contributed by atoms with Crippen LogP contribution < -0.4 is 0 Å². The van der Waals surface area contributed by atoms with Crippen LogP contribution in [0.2, 0.25) is 0 Å². The number of rotatable bonds is 4. The number of esters is 1. The Hall–Kier alpha value is -2.15. The van der Waals surface area contributed by atoms with Gasteiger partial charge in [-0.05, 0) is 29.7 Å². The SMILES string of the molecule is CC(C)COC(=O)C(C#N)=Cc1ccc(F)cc1. The third kappa shape index (κ3) is 4.38. The Morgan fingerprint density at radius 3 is 2.56 bits per heavy atom. The van der Waals surface area contributed by atoms with Crippen LogP contribution in [0.25, 0.3) is 6.08 Å². The lowest BCUT2D eigenvalue weighted by Gasteiger charge is -2.05. The molecule has 0 aliphatic heterocycles. The van der Waals surface area contributed by atoms with Crippen molar-refractivity contribution in [2.24, 2.45) is 5.92 Å². The van der Waals surface area contributed by atoms with E-state index >= 15 is 0 Å². The number of hydrogen-bond acceptors (Lipinski definition) is 3. The van der Waals surface area contributed by atoms with Crippen LogP contribution in [0.1, 0.15) is 19.4 Å². The molecule has 18 heavy (non-hydrogen) atoms. The lowest BCUT2D eigenvalue weighted by molar-refractivity contribution is -0.139. The summed E-state index contributed by atoms with van der Waals surface area (Å²) in [4.78, 5) is 11.6. The standard InChI is InChI=1S/C14H14FNO2/c1-10(2)9-18-14(17)12(8-16)7-11-3-5-13(15)6-4-11/h3-7,10H,9H2,1-2H3. The first-order valence-electron chi connectivity index (χ1n) is 5.57. The van der Waals surface area contributed by atoms with Crippen LogP contribution in [0.15, 0.2) is 29.8 Å². The Morgan fingerprint density at radius 1 is 1.44 bits per heavy atom. The normalized spacial score (nSPS) is 11.2. The van der Waals surface area contributed by atoms with Crippen molar-refractivity contribution in [3.8, 4) is 6.07 Å². The summed E-state index contributed by atoms with van der Waals surface area (Å²) in [6, 6.07) is 7.29. The fourth-order valence-electron chi connectivity index (χ4n) is 1.18. The van der Waals surface area contributed by atoms with E-state index in [1.165, 1.54) is 30.3 Å². The quantitative estimate of drug-likeness (QED) is 0.467. The Balaban J connectivity index is 2.80. The number of halogens is 1. The molecular weight excluding hydrogens is 233 g/mol. The number of benzene rings is 1. The zero-order chi connectivity index (χ0) is 13.5. The van der Waals surface area contributed by atoms with Crippen molar-refractivity contribution in [1.82, 2.24) is 0 Å². The maximum Gasteiger partial charge on any atom is 0.348 e. The summed E-state index contributed by atoms with van der Waals surface area (Å²) in [5.74, 6) is -0.816. The highest BCUT2D eigenvalue weighted by Gasteiger charge is 2.11. The van der Waals surface area contributed by atoms with Gasteiger partial charge in [0.25, 0.3) is 0 Å². The van der Waals surface area contributed by atoms with Crippen LogP contribution in [-0.2, 0) is 9.53 Å². The van der Waals surface area contributed by atoms with Gasteiger partial charge in [0, 0.05) is 0 Å². The summed E-state index contributed by atoms with van der Waals surface area (Å²) >= 11 is 0. The third-order valence-electron chi connectivity index (χ3n) is 2.07. The van der Waals surface area contributed by atoms with Gasteiger partial charge >= 0.3 is 5.97 Å². The fraction of sp³-hybridized carbons (Fsp3) is 0.286. The predicted molar refractivity (Wildman–Crippen MR) is 65.8 cm³/mol. The van der Waals surface area contributed by atoms with E-state index in [0.29, 0.717) is 5.56 Å². The van der Waals surface area contributed by atoms with Crippen LogP contribution in [0, 0.1) is 23.1 Å². The zero-order valence-corrected chi connectivity index (χ0v) is 10.3. The van der Waals surface area contributed by atoms with Crippen molar-refractivity contribution in [2.75, 3.05) is 6.61 Å². The molecule has 94 valence electrons. The number of ether oxygens (including phenoxy) is 1. The minimum absolute atomic E-state index is 0.0951. The van der Waals surface area contributed by atoms with Crippen LogP contribution in [-0.4, -0.2) is 12.6 Å². The van der Waals surface area contributed by atoms with E-state index in [0.717, 1.165) is 0 Å². The van der Waals surface area contributed by atoms with Gasteiger partial charge < -0.3 is 4.74 Å². The Morgan fingerprint density at radius 2 is 2.06 bits per heavy atom. The molecule has 0 spiro atoms. The Labute approximate surface area is 105 Å². The van der Waals surface area contributed by atoms with Crippen molar-refractivity contribution in [3.05, 3.63) is 41.2 Å². The molecule has 0 aliphatic carbocycles. The second kappa shape index (κ2) is 6.55. The van der Waals surface area contributed by atoms with Crippen molar-refractivity contribution < 1.29 is 13.9 Å². The largest absolute Gasteiger partial charge is 0.461 e. The average Bonchev–Trinajstić information content (AvgIpc) is 2.35.